The number of rotatable bonds is 6. The van der Waals surface area contributed by atoms with E-state index in [2.05, 4.69) is 59.8 Å². The first-order valence-corrected chi connectivity index (χ1v) is 6.69. The monoisotopic (exact) mass is 249 g/mol. The molecule has 0 radical (unpaired) electrons. The highest BCUT2D eigenvalue weighted by atomic mass is 14.9. The van der Waals surface area contributed by atoms with Crippen molar-refractivity contribution >= 4 is 5.69 Å². The Hall–Kier alpha value is -2.20. The highest BCUT2D eigenvalue weighted by molar-refractivity contribution is 5.52. The molecule has 0 unspecified atom stereocenters. The zero-order valence-electron chi connectivity index (χ0n) is 11.1. The van der Waals surface area contributed by atoms with Crippen molar-refractivity contribution in [2.45, 2.75) is 19.3 Å². The van der Waals surface area contributed by atoms with E-state index in [0.29, 0.717) is 0 Å². The Labute approximate surface area is 115 Å². The molecule has 0 atom stereocenters. The van der Waals surface area contributed by atoms with Crippen molar-refractivity contribution in [1.82, 2.24) is 0 Å². The quantitative estimate of drug-likeness (QED) is 0.600. The van der Waals surface area contributed by atoms with Crippen LogP contribution in [0.2, 0.25) is 0 Å². The SMILES string of the molecule is C#CCCCNc1ccccc1Cc1ccccc1. The standard InChI is InChI=1S/C18H19N/c1-2-3-9-14-19-18-13-8-7-12-17(18)15-16-10-5-4-6-11-16/h1,4-8,10-13,19H,3,9,14-15H2. The average Bonchev–Trinajstić information content (AvgIpc) is 2.46. The van der Waals surface area contributed by atoms with Crippen molar-refractivity contribution in [2.75, 3.05) is 11.9 Å². The Balaban J connectivity index is 2.02. The predicted octanol–water partition coefficient (Wildman–Crippen LogP) is 4.10. The summed E-state index contributed by atoms with van der Waals surface area (Å²) in [5, 5.41) is 3.47. The molecule has 0 saturated carbocycles. The molecule has 0 bridgehead atoms. The number of terminal acetylenes is 1. The Morgan fingerprint density at radius 1 is 0.947 bits per heavy atom. The summed E-state index contributed by atoms with van der Waals surface area (Å²) in [7, 11) is 0. The van der Waals surface area contributed by atoms with Gasteiger partial charge in [-0.1, -0.05) is 48.5 Å². The lowest BCUT2D eigenvalue weighted by atomic mass is 10.0. The van der Waals surface area contributed by atoms with E-state index in [9.17, 15) is 0 Å². The lowest BCUT2D eigenvalue weighted by Crippen LogP contribution is -2.04. The second-order valence-electron chi connectivity index (χ2n) is 4.55. The molecule has 0 aromatic heterocycles. The summed E-state index contributed by atoms with van der Waals surface area (Å²) in [6.45, 7) is 0.927. The van der Waals surface area contributed by atoms with Crippen LogP contribution in [0.1, 0.15) is 24.0 Å². The molecule has 0 saturated heterocycles. The molecule has 2 aromatic carbocycles. The molecule has 0 heterocycles. The van der Waals surface area contributed by atoms with E-state index < -0.39 is 0 Å². The van der Waals surface area contributed by atoms with Gasteiger partial charge in [0.1, 0.15) is 0 Å². The predicted molar refractivity (Wildman–Crippen MR) is 82.2 cm³/mol. The number of anilines is 1. The van der Waals surface area contributed by atoms with Crippen molar-refractivity contribution in [2.24, 2.45) is 0 Å². The molecule has 1 heteroatoms. The van der Waals surface area contributed by atoms with Gasteiger partial charge < -0.3 is 5.32 Å². The lowest BCUT2D eigenvalue weighted by Gasteiger charge is -2.11. The summed E-state index contributed by atoms with van der Waals surface area (Å²) < 4.78 is 0. The molecular weight excluding hydrogens is 230 g/mol. The molecular formula is C18H19N. The summed E-state index contributed by atoms with van der Waals surface area (Å²) in [6.07, 6.45) is 8.06. The van der Waals surface area contributed by atoms with Crippen LogP contribution in [0.4, 0.5) is 5.69 Å². The van der Waals surface area contributed by atoms with E-state index in [0.717, 1.165) is 25.8 Å². The lowest BCUT2D eigenvalue weighted by molar-refractivity contribution is 0.905. The molecule has 0 fully saturated rings. The largest absolute Gasteiger partial charge is 0.385 e. The fourth-order valence-electron chi connectivity index (χ4n) is 2.08. The minimum Gasteiger partial charge on any atom is -0.385 e. The van der Waals surface area contributed by atoms with Gasteiger partial charge >= 0.3 is 0 Å². The molecule has 2 aromatic rings. The maximum Gasteiger partial charge on any atom is 0.0376 e. The number of unbranched alkanes of at least 4 members (excludes halogenated alkanes) is 1. The van der Waals surface area contributed by atoms with Crippen LogP contribution in [0.5, 0.6) is 0 Å². The zero-order valence-corrected chi connectivity index (χ0v) is 11.1. The van der Waals surface area contributed by atoms with Crippen molar-refractivity contribution in [3.05, 3.63) is 65.7 Å². The normalized spacial score (nSPS) is 9.84. The van der Waals surface area contributed by atoms with Crippen LogP contribution < -0.4 is 5.32 Å². The van der Waals surface area contributed by atoms with Crippen molar-refractivity contribution in [3.63, 3.8) is 0 Å². The second kappa shape index (κ2) is 7.28. The minimum absolute atomic E-state index is 0.827. The van der Waals surface area contributed by atoms with Gasteiger partial charge in [-0.25, -0.2) is 0 Å². The minimum atomic E-state index is 0.827. The van der Waals surface area contributed by atoms with E-state index in [1.165, 1.54) is 16.8 Å². The van der Waals surface area contributed by atoms with Crippen molar-refractivity contribution in [3.8, 4) is 12.3 Å². The Morgan fingerprint density at radius 2 is 1.68 bits per heavy atom. The molecule has 0 aliphatic carbocycles. The summed E-state index contributed by atoms with van der Waals surface area (Å²) in [6, 6.07) is 19.0. The number of hydrogen-bond donors (Lipinski definition) is 1. The van der Waals surface area contributed by atoms with Crippen molar-refractivity contribution < 1.29 is 0 Å². The van der Waals surface area contributed by atoms with Gasteiger partial charge in [-0.05, 0) is 30.0 Å². The molecule has 1 nitrogen and oxygen atoms in total. The van der Waals surface area contributed by atoms with Crippen LogP contribution in [-0.2, 0) is 6.42 Å². The molecule has 1 N–H and O–H groups in total. The average molecular weight is 249 g/mol. The van der Waals surface area contributed by atoms with E-state index in [-0.39, 0.29) is 0 Å². The number of nitrogens with one attached hydrogen (secondary N) is 1. The van der Waals surface area contributed by atoms with Gasteiger partial charge in [0.25, 0.3) is 0 Å². The van der Waals surface area contributed by atoms with Gasteiger partial charge in [0, 0.05) is 18.7 Å². The Kier molecular flexibility index (Phi) is 5.07. The smallest absolute Gasteiger partial charge is 0.0376 e. The van der Waals surface area contributed by atoms with Crippen LogP contribution in [0.25, 0.3) is 0 Å². The van der Waals surface area contributed by atoms with Gasteiger partial charge in [0.05, 0.1) is 0 Å². The van der Waals surface area contributed by atoms with E-state index >= 15 is 0 Å². The molecule has 2 rings (SSSR count). The highest BCUT2D eigenvalue weighted by Gasteiger charge is 2.02. The number of para-hydroxylation sites is 1. The summed E-state index contributed by atoms with van der Waals surface area (Å²) in [5.74, 6) is 2.67. The molecule has 0 spiro atoms. The van der Waals surface area contributed by atoms with Crippen molar-refractivity contribution in [1.29, 1.82) is 0 Å². The fraction of sp³-hybridized carbons (Fsp3) is 0.222. The summed E-state index contributed by atoms with van der Waals surface area (Å²) in [5.41, 5.74) is 3.87. The molecule has 96 valence electrons. The number of hydrogen-bond acceptors (Lipinski definition) is 1. The third-order valence-corrected chi connectivity index (χ3v) is 3.07. The van der Waals surface area contributed by atoms with E-state index in [4.69, 9.17) is 6.42 Å². The first kappa shape index (κ1) is 13.2. The van der Waals surface area contributed by atoms with Gasteiger partial charge in [-0.2, -0.15) is 0 Å². The van der Waals surface area contributed by atoms with Gasteiger partial charge in [0.15, 0.2) is 0 Å². The molecule has 0 aliphatic heterocycles. The van der Waals surface area contributed by atoms with Crippen LogP contribution in [0.15, 0.2) is 54.6 Å². The maximum atomic E-state index is 5.26. The Bertz CT molecular complexity index is 537. The van der Waals surface area contributed by atoms with Gasteiger partial charge in [0.2, 0.25) is 0 Å². The Morgan fingerprint density at radius 3 is 2.47 bits per heavy atom. The molecule has 19 heavy (non-hydrogen) atoms. The second-order valence-corrected chi connectivity index (χ2v) is 4.55. The van der Waals surface area contributed by atoms with Gasteiger partial charge in [-0.15, -0.1) is 12.3 Å². The third kappa shape index (κ3) is 4.19. The number of benzene rings is 2. The highest BCUT2D eigenvalue weighted by Crippen LogP contribution is 2.19. The molecule has 0 aliphatic rings. The first-order valence-electron chi connectivity index (χ1n) is 6.69. The maximum absolute atomic E-state index is 5.26. The summed E-state index contributed by atoms with van der Waals surface area (Å²) in [4.78, 5) is 0. The topological polar surface area (TPSA) is 12.0 Å². The fourth-order valence-corrected chi connectivity index (χ4v) is 2.08. The zero-order chi connectivity index (χ0) is 13.3. The first-order chi connectivity index (χ1) is 9.40. The van der Waals surface area contributed by atoms with Crippen LogP contribution >= 0.6 is 0 Å². The third-order valence-electron chi connectivity index (χ3n) is 3.07. The van der Waals surface area contributed by atoms with E-state index in [1.807, 2.05) is 6.07 Å². The van der Waals surface area contributed by atoms with Crippen LogP contribution in [-0.4, -0.2) is 6.54 Å². The molecule has 0 amide bonds. The van der Waals surface area contributed by atoms with Crippen LogP contribution in [0, 0.1) is 12.3 Å². The van der Waals surface area contributed by atoms with E-state index in [1.54, 1.807) is 0 Å². The summed E-state index contributed by atoms with van der Waals surface area (Å²) >= 11 is 0. The van der Waals surface area contributed by atoms with Gasteiger partial charge in [-0.3, -0.25) is 0 Å². The van der Waals surface area contributed by atoms with Crippen LogP contribution in [0.3, 0.4) is 0 Å².